The molecule has 0 aromatic rings. The first-order valence-corrected chi connectivity index (χ1v) is 9.07. The highest BCUT2D eigenvalue weighted by Gasteiger charge is 2.41. The summed E-state index contributed by atoms with van der Waals surface area (Å²) in [4.78, 5) is 2.73. The van der Waals surface area contributed by atoms with Crippen molar-refractivity contribution in [1.29, 1.82) is 0 Å². The Morgan fingerprint density at radius 2 is 1.86 bits per heavy atom. The van der Waals surface area contributed by atoms with Crippen molar-refractivity contribution < 1.29 is 9.47 Å². The highest BCUT2D eigenvalue weighted by molar-refractivity contribution is 4.98. The zero-order chi connectivity index (χ0) is 14.1. The fourth-order valence-electron chi connectivity index (χ4n) is 5.01. The number of nitrogens with zero attached hydrogens (tertiary/aromatic N) is 1. The van der Waals surface area contributed by atoms with Gasteiger partial charge in [-0.2, -0.15) is 0 Å². The normalized spacial score (nSPS) is 40.3. The van der Waals surface area contributed by atoms with Crippen LogP contribution in [0.4, 0.5) is 0 Å². The van der Waals surface area contributed by atoms with Crippen molar-refractivity contribution >= 4 is 0 Å². The van der Waals surface area contributed by atoms with Gasteiger partial charge in [-0.05, 0) is 51.5 Å². The average Bonchev–Trinajstić information content (AvgIpc) is 2.92. The molecule has 4 aliphatic heterocycles. The summed E-state index contributed by atoms with van der Waals surface area (Å²) in [5.74, 6) is 0. The van der Waals surface area contributed by atoms with E-state index in [-0.39, 0.29) is 5.60 Å². The molecule has 1 N–H and O–H groups in total. The van der Waals surface area contributed by atoms with Crippen molar-refractivity contribution in [3.8, 4) is 0 Å². The molecule has 4 heteroatoms. The molecule has 3 atom stereocenters. The van der Waals surface area contributed by atoms with E-state index in [1.54, 1.807) is 0 Å². The molecule has 0 aromatic heterocycles. The average molecular weight is 294 g/mol. The van der Waals surface area contributed by atoms with Crippen molar-refractivity contribution in [2.45, 2.75) is 75.1 Å². The maximum Gasteiger partial charge on any atom is 0.0741 e. The second-order valence-corrected chi connectivity index (χ2v) is 7.49. The Morgan fingerprint density at radius 1 is 0.952 bits per heavy atom. The maximum atomic E-state index is 6.18. The minimum atomic E-state index is 0.124. The van der Waals surface area contributed by atoms with Crippen molar-refractivity contribution in [2.75, 3.05) is 32.9 Å². The molecule has 0 saturated carbocycles. The Hall–Kier alpha value is -0.160. The van der Waals surface area contributed by atoms with Crippen LogP contribution in [0.15, 0.2) is 0 Å². The summed E-state index contributed by atoms with van der Waals surface area (Å²) in [5, 5.41) is 4.03. The summed E-state index contributed by atoms with van der Waals surface area (Å²) >= 11 is 0. The predicted molar refractivity (Wildman–Crippen MR) is 82.5 cm³/mol. The van der Waals surface area contributed by atoms with Gasteiger partial charge in [0.1, 0.15) is 0 Å². The minimum Gasteiger partial charge on any atom is -0.381 e. The van der Waals surface area contributed by atoms with Crippen LogP contribution in [-0.4, -0.2) is 61.5 Å². The molecule has 4 nitrogen and oxygen atoms in total. The second-order valence-electron chi connectivity index (χ2n) is 7.49. The number of piperidine rings is 1. The summed E-state index contributed by atoms with van der Waals surface area (Å²) in [7, 11) is 0. The van der Waals surface area contributed by atoms with E-state index < -0.39 is 0 Å². The molecule has 4 rings (SSSR count). The van der Waals surface area contributed by atoms with E-state index >= 15 is 0 Å². The third kappa shape index (κ3) is 3.00. The first-order chi connectivity index (χ1) is 10.3. The van der Waals surface area contributed by atoms with Gasteiger partial charge in [-0.15, -0.1) is 0 Å². The Kier molecular flexibility index (Phi) is 4.23. The van der Waals surface area contributed by atoms with Gasteiger partial charge in [-0.25, -0.2) is 0 Å². The summed E-state index contributed by atoms with van der Waals surface area (Å²) in [6.45, 7) is 5.33. The van der Waals surface area contributed by atoms with Crippen LogP contribution in [-0.2, 0) is 9.47 Å². The Bertz CT molecular complexity index is 351. The van der Waals surface area contributed by atoms with Crippen LogP contribution >= 0.6 is 0 Å². The summed E-state index contributed by atoms with van der Waals surface area (Å²) in [6, 6.07) is 2.20. The Labute approximate surface area is 128 Å². The topological polar surface area (TPSA) is 33.7 Å². The lowest BCUT2D eigenvalue weighted by Crippen LogP contribution is -2.54. The van der Waals surface area contributed by atoms with Gasteiger partial charge in [0.25, 0.3) is 0 Å². The molecule has 0 radical (unpaired) electrons. The molecule has 4 fully saturated rings. The highest BCUT2D eigenvalue weighted by Crippen LogP contribution is 2.35. The van der Waals surface area contributed by atoms with Crippen molar-refractivity contribution in [3.63, 3.8) is 0 Å². The molecular weight excluding hydrogens is 264 g/mol. The van der Waals surface area contributed by atoms with Crippen LogP contribution in [0.5, 0.6) is 0 Å². The van der Waals surface area contributed by atoms with E-state index in [2.05, 4.69) is 10.2 Å². The van der Waals surface area contributed by atoms with Gasteiger partial charge in [0.05, 0.1) is 5.60 Å². The molecule has 0 aromatic carbocycles. The van der Waals surface area contributed by atoms with E-state index in [1.165, 1.54) is 51.6 Å². The fraction of sp³-hybridized carbons (Fsp3) is 1.00. The molecule has 4 aliphatic rings. The minimum absolute atomic E-state index is 0.124. The third-order valence-corrected chi connectivity index (χ3v) is 6.20. The molecule has 4 heterocycles. The molecular formula is C17H30N2O2. The van der Waals surface area contributed by atoms with Crippen LogP contribution in [0.3, 0.4) is 0 Å². The quantitative estimate of drug-likeness (QED) is 0.844. The Balaban J connectivity index is 1.36. The monoisotopic (exact) mass is 294 g/mol. The number of fused-ring (bicyclic) bond motifs is 1. The summed E-state index contributed by atoms with van der Waals surface area (Å²) in [6.07, 6.45) is 10.1. The van der Waals surface area contributed by atoms with E-state index in [9.17, 15) is 0 Å². The van der Waals surface area contributed by atoms with Crippen molar-refractivity contribution in [1.82, 2.24) is 10.2 Å². The number of hydrogen-bond acceptors (Lipinski definition) is 4. The lowest BCUT2D eigenvalue weighted by atomic mass is 9.83. The predicted octanol–water partition coefficient (Wildman–Crippen LogP) is 1.93. The van der Waals surface area contributed by atoms with Gasteiger partial charge in [0.15, 0.2) is 0 Å². The largest absolute Gasteiger partial charge is 0.381 e. The molecule has 1 spiro atoms. The van der Waals surface area contributed by atoms with E-state index in [0.29, 0.717) is 6.04 Å². The van der Waals surface area contributed by atoms with Gasteiger partial charge in [-0.1, -0.05) is 6.42 Å². The van der Waals surface area contributed by atoms with Crippen molar-refractivity contribution in [2.24, 2.45) is 0 Å². The van der Waals surface area contributed by atoms with Crippen LogP contribution in [0, 0.1) is 0 Å². The first-order valence-electron chi connectivity index (χ1n) is 9.07. The maximum absolute atomic E-state index is 6.18. The summed E-state index contributed by atoms with van der Waals surface area (Å²) in [5.41, 5.74) is 0.124. The van der Waals surface area contributed by atoms with Gasteiger partial charge >= 0.3 is 0 Å². The van der Waals surface area contributed by atoms with Gasteiger partial charge in [0.2, 0.25) is 0 Å². The molecule has 4 saturated heterocycles. The molecule has 120 valence electrons. The smallest absolute Gasteiger partial charge is 0.0741 e. The van der Waals surface area contributed by atoms with E-state index in [0.717, 1.165) is 44.7 Å². The molecule has 0 amide bonds. The highest BCUT2D eigenvalue weighted by atomic mass is 16.5. The van der Waals surface area contributed by atoms with Crippen LogP contribution < -0.4 is 5.32 Å². The third-order valence-electron chi connectivity index (χ3n) is 6.20. The van der Waals surface area contributed by atoms with Gasteiger partial charge in [0, 0.05) is 44.5 Å². The fourth-order valence-corrected chi connectivity index (χ4v) is 5.01. The number of rotatable bonds is 2. The summed E-state index contributed by atoms with van der Waals surface area (Å²) < 4.78 is 11.7. The van der Waals surface area contributed by atoms with E-state index in [1.807, 2.05) is 0 Å². The standard InChI is InChI=1S/C17H30N2O2/c1-2-8-19-9-4-15(16(19)3-1)18-14-5-10-21-17(13-14)6-11-20-12-7-17/h14-16,18H,1-13H2. The molecule has 0 bridgehead atoms. The molecule has 0 aliphatic carbocycles. The zero-order valence-electron chi connectivity index (χ0n) is 13.2. The second kappa shape index (κ2) is 6.15. The van der Waals surface area contributed by atoms with Crippen LogP contribution in [0.1, 0.15) is 51.4 Å². The molecule has 21 heavy (non-hydrogen) atoms. The SMILES string of the molecule is C1CCN2CCC(NC3CCOC4(CCOCC4)C3)C2C1. The number of hydrogen-bond donors (Lipinski definition) is 1. The van der Waals surface area contributed by atoms with E-state index in [4.69, 9.17) is 9.47 Å². The molecule has 3 unspecified atom stereocenters. The van der Waals surface area contributed by atoms with Gasteiger partial charge < -0.3 is 14.8 Å². The lowest BCUT2D eigenvalue weighted by Gasteiger charge is -2.44. The number of ether oxygens (including phenoxy) is 2. The lowest BCUT2D eigenvalue weighted by molar-refractivity contribution is -0.141. The van der Waals surface area contributed by atoms with Crippen LogP contribution in [0.2, 0.25) is 0 Å². The van der Waals surface area contributed by atoms with Gasteiger partial charge in [-0.3, -0.25) is 4.90 Å². The van der Waals surface area contributed by atoms with Crippen LogP contribution in [0.25, 0.3) is 0 Å². The first kappa shape index (κ1) is 14.4. The zero-order valence-corrected chi connectivity index (χ0v) is 13.2. The number of nitrogens with one attached hydrogen (secondary N) is 1. The van der Waals surface area contributed by atoms with Crippen molar-refractivity contribution in [3.05, 3.63) is 0 Å². The Morgan fingerprint density at radius 3 is 2.76 bits per heavy atom.